The average molecular weight is 623 g/mol. The molecule has 4 rings (SSSR count). The van der Waals surface area contributed by atoms with E-state index in [9.17, 15) is 17.4 Å². The van der Waals surface area contributed by atoms with E-state index in [1.54, 1.807) is 48.5 Å². The molecule has 4 aromatic carbocycles. The summed E-state index contributed by atoms with van der Waals surface area (Å²) in [5.41, 5.74) is 0.601. The topological polar surface area (TPSA) is 26.3 Å². The van der Waals surface area contributed by atoms with Crippen molar-refractivity contribution in [2.24, 2.45) is 0 Å². The summed E-state index contributed by atoms with van der Waals surface area (Å²) in [5.74, 6) is -0.386. The first kappa shape index (κ1) is 21.8. The van der Waals surface area contributed by atoms with E-state index in [2.05, 4.69) is 51.4 Å². The Kier molecular flexibility index (Phi) is 6.00. The molecule has 0 amide bonds. The van der Waals surface area contributed by atoms with Gasteiger partial charge in [0, 0.05) is 30.4 Å². The van der Waals surface area contributed by atoms with Crippen molar-refractivity contribution < 1.29 is 22.1 Å². The van der Waals surface area contributed by atoms with Gasteiger partial charge in [-0.05, 0) is 65.5 Å². The number of fused-ring (bicyclic) bond motifs is 2. The fourth-order valence-electron chi connectivity index (χ4n) is 3.46. The van der Waals surface area contributed by atoms with Gasteiger partial charge in [-0.1, -0.05) is 48.5 Å². The van der Waals surface area contributed by atoms with Crippen LogP contribution in [0.5, 0.6) is 5.75 Å². The molecule has 0 aliphatic carbocycles. The smallest absolute Gasteiger partial charge is 0.404 e. The molecule has 0 bridgehead atoms. The highest BCUT2D eigenvalue weighted by atomic mass is 79.9. The van der Waals surface area contributed by atoms with Crippen LogP contribution in [0.3, 0.4) is 0 Å². The summed E-state index contributed by atoms with van der Waals surface area (Å²) in [7, 11) is -1.68. The molecule has 1 atom stereocenters. The maximum atomic E-state index is 13.3. The third-order valence-electron chi connectivity index (χ3n) is 4.54. The Balaban J connectivity index is 2.27. The Morgan fingerprint density at radius 1 is 0.800 bits per heavy atom. The molecule has 0 aliphatic heterocycles. The van der Waals surface area contributed by atoms with E-state index >= 15 is 0 Å². The molecule has 0 N–H and O–H groups in total. The van der Waals surface area contributed by atoms with Crippen LogP contribution in [-0.4, -0.2) is 10.6 Å². The quantitative estimate of drug-likeness (QED) is 0.214. The van der Waals surface area contributed by atoms with Crippen LogP contribution in [-0.2, 0) is 9.23 Å². The van der Waals surface area contributed by atoms with Gasteiger partial charge in [0.1, 0.15) is 9.23 Å². The van der Waals surface area contributed by atoms with Gasteiger partial charge in [-0.2, -0.15) is 0 Å². The molecule has 154 valence electrons. The summed E-state index contributed by atoms with van der Waals surface area (Å²) in [6.07, 6.45) is -4.91. The Labute approximate surface area is 196 Å². The highest BCUT2D eigenvalue weighted by molar-refractivity contribution is 9.46. The number of rotatable bonds is 3. The number of ether oxygens (including phenoxy) is 1. The van der Waals surface area contributed by atoms with Crippen LogP contribution in [0.1, 0.15) is 0 Å². The Morgan fingerprint density at radius 2 is 1.30 bits per heavy atom. The summed E-state index contributed by atoms with van der Waals surface area (Å²) in [6.45, 7) is 0. The number of benzene rings is 4. The Bertz CT molecular complexity index is 1320. The molecule has 0 heterocycles. The molecule has 30 heavy (non-hydrogen) atoms. The predicted octanol–water partition coefficient (Wildman–Crippen LogP) is 8.50. The van der Waals surface area contributed by atoms with Gasteiger partial charge in [0.15, 0.2) is 5.75 Å². The lowest BCUT2D eigenvalue weighted by molar-refractivity contribution is -0.274. The molecule has 4 aromatic rings. The van der Waals surface area contributed by atoms with E-state index in [1.165, 1.54) is 0 Å². The third-order valence-corrected chi connectivity index (χ3v) is 7.73. The molecular weight excluding hydrogens is 613 g/mol. The van der Waals surface area contributed by atoms with Gasteiger partial charge in [0.25, 0.3) is 0 Å². The second-order valence-electron chi connectivity index (χ2n) is 6.34. The zero-order chi connectivity index (χ0) is 21.6. The summed E-state index contributed by atoms with van der Waals surface area (Å²) >= 11 is 9.78. The van der Waals surface area contributed by atoms with E-state index in [-0.39, 0.29) is 15.8 Å². The molecule has 2 nitrogen and oxygen atoms in total. The van der Waals surface area contributed by atoms with Crippen molar-refractivity contribution in [1.29, 1.82) is 0 Å². The van der Waals surface area contributed by atoms with E-state index in [4.69, 9.17) is 0 Å². The molecule has 0 radical (unpaired) electrons. The average Bonchev–Trinajstić information content (AvgIpc) is 2.66. The molecule has 1 unspecified atom stereocenters. The minimum absolute atomic E-state index is 0.142. The first-order valence-electron chi connectivity index (χ1n) is 8.44. The largest absolute Gasteiger partial charge is 0.573 e. The number of alkyl halides is 3. The lowest BCUT2D eigenvalue weighted by Gasteiger charge is -2.21. The normalized spacial score (nSPS) is 13.0. The van der Waals surface area contributed by atoms with Gasteiger partial charge in [-0.25, -0.2) is 4.21 Å². The van der Waals surface area contributed by atoms with Gasteiger partial charge < -0.3 is 4.74 Å². The number of hydrogen-bond donors (Lipinski definition) is 0. The second-order valence-corrected chi connectivity index (χ2v) is 10.7. The van der Waals surface area contributed by atoms with Crippen molar-refractivity contribution in [3.63, 3.8) is 0 Å². The van der Waals surface area contributed by atoms with E-state index in [0.29, 0.717) is 31.1 Å². The summed E-state index contributed by atoms with van der Waals surface area (Å²) in [6, 6.07) is 17.7. The van der Waals surface area contributed by atoms with Crippen LogP contribution in [0.2, 0.25) is 0 Å². The van der Waals surface area contributed by atoms with Crippen LogP contribution in [0.15, 0.2) is 74.5 Å². The van der Waals surface area contributed by atoms with Gasteiger partial charge in [0.05, 0.1) is 9.37 Å². The molecule has 9 heteroatoms. The minimum Gasteiger partial charge on any atom is -0.404 e. The van der Waals surface area contributed by atoms with Crippen molar-refractivity contribution in [1.82, 2.24) is 0 Å². The molecule has 0 aromatic heterocycles. The van der Waals surface area contributed by atoms with Crippen molar-refractivity contribution >= 4 is 77.5 Å². The second kappa shape index (κ2) is 8.26. The van der Waals surface area contributed by atoms with Crippen LogP contribution >= 0.6 is 46.7 Å². The van der Waals surface area contributed by atoms with Crippen molar-refractivity contribution in [3.05, 3.63) is 69.6 Å². The van der Waals surface area contributed by atoms with Crippen LogP contribution in [0.4, 0.5) is 13.2 Å². The molecule has 0 aliphatic rings. The first-order chi connectivity index (χ1) is 14.2. The molecular formula is C21H10Br3F3O2S. The SMILES string of the molecule is O=S(Br)c1c(Br)cc2ccccc2c1-c1c(OC(F)(F)F)c(Br)cc2ccccc12. The van der Waals surface area contributed by atoms with Crippen LogP contribution in [0.25, 0.3) is 32.7 Å². The van der Waals surface area contributed by atoms with Crippen molar-refractivity contribution in [2.45, 2.75) is 11.3 Å². The number of halogens is 6. The summed E-state index contributed by atoms with van der Waals surface area (Å²) < 4.78 is 57.8. The maximum Gasteiger partial charge on any atom is 0.573 e. The summed E-state index contributed by atoms with van der Waals surface area (Å²) in [5, 5.41) is 2.69. The predicted molar refractivity (Wildman–Crippen MR) is 124 cm³/mol. The van der Waals surface area contributed by atoms with Gasteiger partial charge in [-0.15, -0.1) is 13.2 Å². The number of hydrogen-bond acceptors (Lipinski definition) is 2. The first-order valence-corrected chi connectivity index (χ1v) is 13.0. The lowest BCUT2D eigenvalue weighted by Crippen LogP contribution is -2.18. The maximum absolute atomic E-state index is 13.3. The van der Waals surface area contributed by atoms with E-state index in [1.807, 2.05) is 12.1 Å². The van der Waals surface area contributed by atoms with Gasteiger partial charge in [-0.3, -0.25) is 0 Å². The van der Waals surface area contributed by atoms with Crippen LogP contribution < -0.4 is 4.74 Å². The third kappa shape index (κ3) is 4.04. The Hall–Kier alpha value is -1.42. The zero-order valence-corrected chi connectivity index (χ0v) is 20.3. The van der Waals surface area contributed by atoms with Crippen molar-refractivity contribution in [2.75, 3.05) is 0 Å². The minimum atomic E-state index is -4.91. The van der Waals surface area contributed by atoms with Crippen molar-refractivity contribution in [3.8, 4) is 16.9 Å². The molecule has 0 saturated carbocycles. The molecule has 0 fully saturated rings. The fraction of sp³-hybridized carbons (Fsp3) is 0.0476. The van der Waals surface area contributed by atoms with E-state index < -0.39 is 15.6 Å². The zero-order valence-electron chi connectivity index (χ0n) is 14.8. The highest BCUT2D eigenvalue weighted by Crippen LogP contribution is 2.50. The molecule has 0 spiro atoms. The summed E-state index contributed by atoms with van der Waals surface area (Å²) in [4.78, 5) is 0.323. The fourth-order valence-corrected chi connectivity index (χ4v) is 7.11. The van der Waals surface area contributed by atoms with Crippen LogP contribution in [0, 0.1) is 0 Å². The highest BCUT2D eigenvalue weighted by Gasteiger charge is 2.35. The Morgan fingerprint density at radius 3 is 1.83 bits per heavy atom. The van der Waals surface area contributed by atoms with E-state index in [0.717, 1.165) is 5.39 Å². The monoisotopic (exact) mass is 620 g/mol. The standard InChI is InChI=1S/C21H10Br3F3O2S/c22-15-9-11-5-1-3-7-13(11)17(19(15)29-21(25,26)27)18-14-8-4-2-6-12(14)10-16(23)20(18)30(24)28/h1-10H. The van der Waals surface area contributed by atoms with Gasteiger partial charge >= 0.3 is 6.36 Å². The molecule has 0 saturated heterocycles. The lowest BCUT2D eigenvalue weighted by atomic mass is 9.93. The van der Waals surface area contributed by atoms with Gasteiger partial charge in [0.2, 0.25) is 0 Å².